The fourth-order valence-corrected chi connectivity index (χ4v) is 5.63. The first-order valence-corrected chi connectivity index (χ1v) is 13.7. The Morgan fingerprint density at radius 2 is 1.39 bits per heavy atom. The van der Waals surface area contributed by atoms with Crippen molar-refractivity contribution in [3.63, 3.8) is 0 Å². The SMILES string of the molecule is C=CC1=C(C)c2cc3[n-]c(cc4nc(cc5[n-]c(cc1n2)c(C)c5C=C)C(C)=C4CCC)c(CCC(=O)O)c3C.[Fe+2]. The average Bonchev–Trinajstić information content (AvgIpc) is 3.57. The minimum atomic E-state index is -0.833. The summed E-state index contributed by atoms with van der Waals surface area (Å²) in [6.45, 7) is 18.5. The van der Waals surface area contributed by atoms with Crippen LogP contribution in [0.15, 0.2) is 43.5 Å². The van der Waals surface area contributed by atoms with E-state index in [1.807, 2.05) is 50.3 Å². The van der Waals surface area contributed by atoms with Gasteiger partial charge in [-0.1, -0.05) is 79.6 Å². The number of allylic oxidation sites excluding steroid dienone is 5. The number of aryl methyl sites for hydroxylation is 3. The first-order valence-electron chi connectivity index (χ1n) is 13.7. The van der Waals surface area contributed by atoms with Gasteiger partial charge in [0.1, 0.15) is 0 Å². The molecule has 41 heavy (non-hydrogen) atoms. The van der Waals surface area contributed by atoms with Crippen molar-refractivity contribution in [2.45, 2.75) is 60.3 Å². The molecule has 0 saturated carbocycles. The average molecular weight is 587 g/mol. The van der Waals surface area contributed by atoms with E-state index < -0.39 is 5.97 Å². The Hall–Kier alpha value is -3.93. The maximum absolute atomic E-state index is 11.5. The number of rotatable bonds is 7. The van der Waals surface area contributed by atoms with E-state index in [0.29, 0.717) is 6.42 Å². The molecule has 210 valence electrons. The summed E-state index contributed by atoms with van der Waals surface area (Å²) in [5.74, 6) is -0.833. The molecule has 0 saturated heterocycles. The predicted molar refractivity (Wildman–Crippen MR) is 165 cm³/mol. The van der Waals surface area contributed by atoms with Gasteiger partial charge >= 0.3 is 23.0 Å². The van der Waals surface area contributed by atoms with E-state index in [2.05, 4.69) is 33.9 Å². The topological polar surface area (TPSA) is 91.3 Å². The molecular formula is C34H34FeN4O2. The molecule has 3 aromatic rings. The summed E-state index contributed by atoms with van der Waals surface area (Å²) in [4.78, 5) is 31.5. The van der Waals surface area contributed by atoms with Gasteiger partial charge in [-0.2, -0.15) is 0 Å². The number of nitrogens with zero attached hydrogens (tertiary/aromatic N) is 4. The van der Waals surface area contributed by atoms with Crippen molar-refractivity contribution >= 4 is 56.4 Å². The van der Waals surface area contributed by atoms with Crippen LogP contribution in [0.3, 0.4) is 0 Å². The second-order valence-corrected chi connectivity index (χ2v) is 10.4. The molecule has 2 aliphatic heterocycles. The van der Waals surface area contributed by atoms with Crippen LogP contribution in [0, 0.1) is 13.8 Å². The molecule has 0 amide bonds. The van der Waals surface area contributed by atoms with Crippen LogP contribution in [0.2, 0.25) is 0 Å². The van der Waals surface area contributed by atoms with Gasteiger partial charge in [0.25, 0.3) is 0 Å². The van der Waals surface area contributed by atoms with E-state index in [0.717, 1.165) is 96.7 Å². The molecule has 5 rings (SSSR count). The molecule has 5 heterocycles. The number of carbonyl (C=O) groups is 1. The van der Waals surface area contributed by atoms with E-state index in [-0.39, 0.29) is 23.5 Å². The maximum Gasteiger partial charge on any atom is 2.00 e. The summed E-state index contributed by atoms with van der Waals surface area (Å²) < 4.78 is 0. The molecule has 7 heteroatoms. The number of carboxylic acids is 1. The summed E-state index contributed by atoms with van der Waals surface area (Å²) in [5, 5.41) is 9.44. The molecule has 8 bridgehead atoms. The zero-order chi connectivity index (χ0) is 28.7. The third kappa shape index (κ3) is 5.40. The fourth-order valence-electron chi connectivity index (χ4n) is 5.63. The van der Waals surface area contributed by atoms with Crippen LogP contribution in [0.25, 0.3) is 50.4 Å². The maximum atomic E-state index is 11.5. The van der Waals surface area contributed by atoms with Crippen LogP contribution in [0.1, 0.15) is 85.1 Å². The monoisotopic (exact) mass is 586 g/mol. The summed E-state index contributed by atoms with van der Waals surface area (Å²) in [7, 11) is 0. The van der Waals surface area contributed by atoms with Crippen molar-refractivity contribution in [3.05, 3.63) is 88.5 Å². The molecule has 0 fully saturated rings. The van der Waals surface area contributed by atoms with Gasteiger partial charge in [-0.05, 0) is 62.8 Å². The van der Waals surface area contributed by atoms with Crippen LogP contribution < -0.4 is 9.97 Å². The van der Waals surface area contributed by atoms with Crippen LogP contribution >= 0.6 is 0 Å². The van der Waals surface area contributed by atoms with Gasteiger partial charge in [-0.3, -0.25) is 4.79 Å². The Labute approximate surface area is 251 Å². The zero-order valence-electron chi connectivity index (χ0n) is 24.2. The quantitative estimate of drug-likeness (QED) is 0.286. The van der Waals surface area contributed by atoms with E-state index >= 15 is 0 Å². The molecule has 3 aromatic heterocycles. The first-order chi connectivity index (χ1) is 19.2. The first kappa shape index (κ1) is 30.0. The molecule has 2 aliphatic rings. The van der Waals surface area contributed by atoms with Crippen molar-refractivity contribution in [2.75, 3.05) is 0 Å². The molecule has 0 radical (unpaired) electrons. The van der Waals surface area contributed by atoms with Crippen LogP contribution in [-0.4, -0.2) is 21.0 Å². The van der Waals surface area contributed by atoms with Crippen molar-refractivity contribution in [3.8, 4) is 0 Å². The van der Waals surface area contributed by atoms with E-state index in [4.69, 9.17) is 19.9 Å². The minimum Gasteiger partial charge on any atom is -0.657 e. The number of aliphatic carboxylic acids is 1. The van der Waals surface area contributed by atoms with Crippen molar-refractivity contribution in [1.29, 1.82) is 0 Å². The van der Waals surface area contributed by atoms with Crippen molar-refractivity contribution < 1.29 is 27.0 Å². The molecule has 0 aromatic carbocycles. The molecule has 6 nitrogen and oxygen atoms in total. The Kier molecular flexibility index (Phi) is 8.71. The van der Waals surface area contributed by atoms with Crippen molar-refractivity contribution in [2.24, 2.45) is 0 Å². The van der Waals surface area contributed by atoms with Gasteiger partial charge in [0.15, 0.2) is 0 Å². The van der Waals surface area contributed by atoms with Crippen LogP contribution in [0.4, 0.5) is 0 Å². The van der Waals surface area contributed by atoms with Crippen LogP contribution in [0.5, 0.6) is 0 Å². The molecule has 0 unspecified atom stereocenters. The van der Waals surface area contributed by atoms with Gasteiger partial charge in [0, 0.05) is 12.0 Å². The van der Waals surface area contributed by atoms with E-state index in [1.165, 1.54) is 5.57 Å². The van der Waals surface area contributed by atoms with E-state index in [1.54, 1.807) is 0 Å². The standard InChI is InChI=1S/C34H35N4O2.Fe/c1-8-11-24-20(6)29-16-31-23(10-3)19(5)28(36-31)15-30-22(9-2)18(4)26(35-30)14-27-21(7)25(12-13-34(39)40)33(37-27)17-32(24)38-29;/h9-10,14-17H,2-3,8,11-13H2,1,4-7H3,(H2-,35,36,37,38,39,40);/q-1;+2/p-1. The minimum absolute atomic E-state index is 0. The number of aromatic nitrogens is 4. The molecule has 0 aliphatic carbocycles. The summed E-state index contributed by atoms with van der Waals surface area (Å²) in [6.07, 6.45) is 5.96. The third-order valence-corrected chi connectivity index (χ3v) is 7.97. The fraction of sp³-hybridized carbons (Fsp3) is 0.265. The molecular weight excluding hydrogens is 552 g/mol. The zero-order valence-corrected chi connectivity index (χ0v) is 25.3. The number of hydrogen-bond acceptors (Lipinski definition) is 3. The van der Waals surface area contributed by atoms with Gasteiger partial charge in [0.05, 0.1) is 22.8 Å². The Bertz CT molecular complexity index is 1820. The predicted octanol–water partition coefficient (Wildman–Crippen LogP) is 7.70. The largest absolute Gasteiger partial charge is 2.00 e. The molecule has 0 spiro atoms. The molecule has 0 atom stereocenters. The second kappa shape index (κ2) is 11.9. The Morgan fingerprint density at radius 3 is 2.05 bits per heavy atom. The number of fused-ring (bicyclic) bond motifs is 8. The smallest absolute Gasteiger partial charge is 0.657 e. The van der Waals surface area contributed by atoms with Gasteiger partial charge in [-0.15, -0.1) is 22.1 Å². The second-order valence-electron chi connectivity index (χ2n) is 10.4. The van der Waals surface area contributed by atoms with Crippen molar-refractivity contribution in [1.82, 2.24) is 19.9 Å². The van der Waals surface area contributed by atoms with Gasteiger partial charge in [0.2, 0.25) is 0 Å². The Morgan fingerprint density at radius 1 is 0.805 bits per heavy atom. The van der Waals surface area contributed by atoms with Gasteiger partial charge in [-0.25, -0.2) is 9.97 Å². The van der Waals surface area contributed by atoms with E-state index in [9.17, 15) is 9.90 Å². The summed E-state index contributed by atoms with van der Waals surface area (Å²) in [6, 6.07) is 8.06. The normalized spacial score (nSPS) is 12.9. The van der Waals surface area contributed by atoms with Crippen LogP contribution in [-0.2, 0) is 28.3 Å². The number of hydrogen-bond donors (Lipinski definition) is 1. The van der Waals surface area contributed by atoms with Gasteiger partial charge < -0.3 is 15.1 Å². The number of carboxylic acid groups (broad SMARTS) is 1. The third-order valence-electron chi connectivity index (χ3n) is 7.97. The summed E-state index contributed by atoms with van der Waals surface area (Å²) >= 11 is 0. The summed E-state index contributed by atoms with van der Waals surface area (Å²) in [5.41, 5.74) is 14.7. The Balaban J connectivity index is 0.00000387. The molecule has 1 N–H and O–H groups in total.